The lowest BCUT2D eigenvalue weighted by Gasteiger charge is -2.41. The summed E-state index contributed by atoms with van der Waals surface area (Å²) in [6, 6.07) is 10.7. The van der Waals surface area contributed by atoms with Gasteiger partial charge in [-0.1, -0.05) is 18.2 Å². The van der Waals surface area contributed by atoms with E-state index in [-0.39, 0.29) is 17.7 Å². The van der Waals surface area contributed by atoms with Gasteiger partial charge in [0.25, 0.3) is 11.8 Å². The molecule has 2 aromatic carbocycles. The maximum atomic E-state index is 13.7. The topological polar surface area (TPSA) is 97.4 Å². The number of ether oxygens (including phenoxy) is 3. The van der Waals surface area contributed by atoms with Gasteiger partial charge in [-0.15, -0.1) is 0 Å². The molecule has 3 amide bonds. The highest BCUT2D eigenvalue weighted by atomic mass is 16.5. The van der Waals surface area contributed by atoms with Crippen LogP contribution in [0.5, 0.6) is 11.5 Å². The molecular weight excluding hydrogens is 462 g/mol. The van der Waals surface area contributed by atoms with E-state index in [0.29, 0.717) is 65.7 Å². The Morgan fingerprint density at radius 2 is 1.83 bits per heavy atom. The van der Waals surface area contributed by atoms with Gasteiger partial charge in [0.1, 0.15) is 6.17 Å². The van der Waals surface area contributed by atoms with E-state index in [4.69, 9.17) is 14.2 Å². The highest BCUT2D eigenvalue weighted by molar-refractivity contribution is 6.18. The van der Waals surface area contributed by atoms with Gasteiger partial charge in [-0.05, 0) is 43.4 Å². The highest BCUT2D eigenvalue weighted by Gasteiger charge is 2.49. The summed E-state index contributed by atoms with van der Waals surface area (Å²) in [7, 11) is 3.02. The van der Waals surface area contributed by atoms with Gasteiger partial charge in [0.05, 0.1) is 31.0 Å². The number of anilines is 1. The van der Waals surface area contributed by atoms with Crippen LogP contribution in [-0.2, 0) is 9.53 Å². The largest absolute Gasteiger partial charge is 0.493 e. The Kier molecular flexibility index (Phi) is 6.82. The number of fused-ring (bicyclic) bond motifs is 5. The minimum absolute atomic E-state index is 0.0301. The van der Waals surface area contributed by atoms with Gasteiger partial charge in [0.15, 0.2) is 11.5 Å². The molecule has 5 rings (SSSR count). The number of hydrogen-bond donors (Lipinski definition) is 1. The van der Waals surface area contributed by atoms with E-state index in [1.807, 2.05) is 12.1 Å². The maximum Gasteiger partial charge on any atom is 0.264 e. The van der Waals surface area contributed by atoms with Crippen molar-refractivity contribution in [3.8, 4) is 11.5 Å². The van der Waals surface area contributed by atoms with Gasteiger partial charge < -0.3 is 24.4 Å². The van der Waals surface area contributed by atoms with Crippen LogP contribution in [0.3, 0.4) is 0 Å². The molecule has 9 nitrogen and oxygen atoms in total. The predicted molar refractivity (Wildman–Crippen MR) is 132 cm³/mol. The standard InChI is InChI=1S/C27H31N3O6/c1-34-21-10-9-19-23(24(21)35-2)27(33)30-20-7-4-3-6-18(20)26(32)29(25(19)30)13-5-8-22(31)28-16-17-11-14-36-15-12-17/h3-4,6-7,9-10,17,25H,5,8,11-16H2,1-2H3,(H,28,31)/t25-/m0/s1. The Morgan fingerprint density at radius 1 is 1.06 bits per heavy atom. The molecule has 0 radical (unpaired) electrons. The zero-order valence-corrected chi connectivity index (χ0v) is 20.6. The zero-order chi connectivity index (χ0) is 25.2. The van der Waals surface area contributed by atoms with Crippen LogP contribution in [0.15, 0.2) is 36.4 Å². The summed E-state index contributed by atoms with van der Waals surface area (Å²) in [5.74, 6) is 0.820. The number of rotatable bonds is 8. The summed E-state index contributed by atoms with van der Waals surface area (Å²) < 4.78 is 16.3. The van der Waals surface area contributed by atoms with Crippen LogP contribution in [0.1, 0.15) is 58.1 Å². The van der Waals surface area contributed by atoms with Gasteiger partial charge in [-0.25, -0.2) is 0 Å². The van der Waals surface area contributed by atoms with Crippen molar-refractivity contribution in [1.82, 2.24) is 10.2 Å². The Balaban J connectivity index is 1.37. The quantitative estimate of drug-likeness (QED) is 0.607. The van der Waals surface area contributed by atoms with Crippen LogP contribution in [0.4, 0.5) is 5.69 Å². The van der Waals surface area contributed by atoms with Crippen molar-refractivity contribution in [3.63, 3.8) is 0 Å². The molecule has 36 heavy (non-hydrogen) atoms. The first-order chi connectivity index (χ1) is 17.5. The fourth-order valence-corrected chi connectivity index (χ4v) is 5.36. The number of para-hydroxylation sites is 1. The summed E-state index contributed by atoms with van der Waals surface area (Å²) in [6.07, 6.45) is 2.09. The van der Waals surface area contributed by atoms with Gasteiger partial charge in [-0.3, -0.25) is 19.3 Å². The minimum Gasteiger partial charge on any atom is -0.493 e. The SMILES string of the molecule is COc1ccc2c(c1OC)C(=O)N1c3ccccc3C(=O)N(CCCC(=O)NCC3CCOCC3)[C@H]21. The number of carbonyl (C=O) groups is 3. The van der Waals surface area contributed by atoms with Crippen molar-refractivity contribution in [2.45, 2.75) is 31.8 Å². The molecule has 1 saturated heterocycles. The number of nitrogens with zero attached hydrogens (tertiary/aromatic N) is 2. The first-order valence-electron chi connectivity index (χ1n) is 12.4. The Bertz CT molecular complexity index is 1180. The van der Waals surface area contributed by atoms with E-state index in [9.17, 15) is 14.4 Å². The van der Waals surface area contributed by atoms with Gasteiger partial charge in [0, 0.05) is 38.3 Å². The number of amides is 3. The smallest absolute Gasteiger partial charge is 0.264 e. The van der Waals surface area contributed by atoms with Crippen LogP contribution >= 0.6 is 0 Å². The average Bonchev–Trinajstić information content (AvgIpc) is 3.21. The molecular formula is C27H31N3O6. The van der Waals surface area contributed by atoms with E-state index in [1.54, 1.807) is 34.1 Å². The Labute approximate surface area is 210 Å². The summed E-state index contributed by atoms with van der Waals surface area (Å²) in [6.45, 7) is 2.47. The van der Waals surface area contributed by atoms with Crippen molar-refractivity contribution >= 4 is 23.4 Å². The lowest BCUT2D eigenvalue weighted by atomic mass is 10.0. The zero-order valence-electron chi connectivity index (χ0n) is 20.6. The monoisotopic (exact) mass is 493 g/mol. The highest BCUT2D eigenvalue weighted by Crippen LogP contribution is 2.49. The molecule has 0 spiro atoms. The third-order valence-electron chi connectivity index (χ3n) is 7.21. The van der Waals surface area contributed by atoms with Crippen molar-refractivity contribution < 1.29 is 28.6 Å². The van der Waals surface area contributed by atoms with E-state index < -0.39 is 6.17 Å². The van der Waals surface area contributed by atoms with Gasteiger partial charge >= 0.3 is 0 Å². The lowest BCUT2D eigenvalue weighted by molar-refractivity contribution is -0.121. The van der Waals surface area contributed by atoms with Crippen molar-refractivity contribution in [2.75, 3.05) is 45.4 Å². The Hall–Kier alpha value is -3.59. The average molecular weight is 494 g/mol. The van der Waals surface area contributed by atoms with E-state index in [0.717, 1.165) is 26.1 Å². The van der Waals surface area contributed by atoms with E-state index >= 15 is 0 Å². The second kappa shape index (κ2) is 10.2. The number of carbonyl (C=O) groups excluding carboxylic acids is 3. The molecule has 3 aliphatic heterocycles. The molecule has 3 heterocycles. The van der Waals surface area contributed by atoms with Crippen LogP contribution in [-0.4, -0.2) is 63.1 Å². The molecule has 1 fully saturated rings. The lowest BCUT2D eigenvalue weighted by Crippen LogP contribution is -2.48. The Morgan fingerprint density at radius 3 is 2.58 bits per heavy atom. The molecule has 0 aromatic heterocycles. The number of hydrogen-bond acceptors (Lipinski definition) is 6. The van der Waals surface area contributed by atoms with Crippen LogP contribution in [0, 0.1) is 5.92 Å². The maximum absolute atomic E-state index is 13.7. The fourth-order valence-electron chi connectivity index (χ4n) is 5.36. The van der Waals surface area contributed by atoms with E-state index in [1.165, 1.54) is 14.2 Å². The summed E-state index contributed by atoms with van der Waals surface area (Å²) in [5.41, 5.74) is 2.11. The molecule has 1 N–H and O–H groups in total. The molecule has 190 valence electrons. The van der Waals surface area contributed by atoms with Gasteiger partial charge in [0.2, 0.25) is 5.91 Å². The number of benzene rings is 2. The van der Waals surface area contributed by atoms with Crippen molar-refractivity contribution in [2.24, 2.45) is 5.92 Å². The van der Waals surface area contributed by atoms with Crippen LogP contribution < -0.4 is 19.7 Å². The molecule has 3 aliphatic rings. The summed E-state index contributed by atoms with van der Waals surface area (Å²) in [5, 5.41) is 3.02. The molecule has 1 atom stereocenters. The third kappa shape index (κ3) is 4.17. The molecule has 9 heteroatoms. The third-order valence-corrected chi connectivity index (χ3v) is 7.21. The minimum atomic E-state index is -0.611. The molecule has 0 bridgehead atoms. The summed E-state index contributed by atoms with van der Waals surface area (Å²) in [4.78, 5) is 43.1. The first kappa shape index (κ1) is 24.1. The van der Waals surface area contributed by atoms with Gasteiger partial charge in [-0.2, -0.15) is 0 Å². The molecule has 0 unspecified atom stereocenters. The summed E-state index contributed by atoms with van der Waals surface area (Å²) >= 11 is 0. The first-order valence-corrected chi connectivity index (χ1v) is 12.4. The molecule has 2 aromatic rings. The number of nitrogens with one attached hydrogen (secondary N) is 1. The van der Waals surface area contributed by atoms with Crippen molar-refractivity contribution in [1.29, 1.82) is 0 Å². The van der Waals surface area contributed by atoms with Crippen molar-refractivity contribution in [3.05, 3.63) is 53.1 Å². The normalized spacial score (nSPS) is 19.0. The number of methoxy groups -OCH3 is 2. The second-order valence-electron chi connectivity index (χ2n) is 9.29. The molecule has 0 aliphatic carbocycles. The molecule has 0 saturated carbocycles. The second-order valence-corrected chi connectivity index (χ2v) is 9.29. The predicted octanol–water partition coefficient (Wildman–Crippen LogP) is 3.14. The van der Waals surface area contributed by atoms with Crippen LogP contribution in [0.25, 0.3) is 0 Å². The van der Waals surface area contributed by atoms with Crippen LogP contribution in [0.2, 0.25) is 0 Å². The fraction of sp³-hybridized carbons (Fsp3) is 0.444. The van der Waals surface area contributed by atoms with E-state index in [2.05, 4.69) is 5.32 Å².